The minimum absolute atomic E-state index is 0.0297. The molecule has 19 heavy (non-hydrogen) atoms. The summed E-state index contributed by atoms with van der Waals surface area (Å²) in [5, 5.41) is 9.14. The third-order valence-corrected chi connectivity index (χ3v) is 3.90. The number of carboxylic acids is 1. The van der Waals surface area contributed by atoms with Gasteiger partial charge in [-0.3, -0.25) is 0 Å². The number of carboxylic acid groups (broad SMARTS) is 1. The summed E-state index contributed by atoms with van der Waals surface area (Å²) in [6, 6.07) is 4.75. The number of nitrogen functional groups attached to an aromatic ring is 1. The molecule has 1 aliphatic rings. The molecular formula is C14H20N2O3. The average Bonchev–Trinajstić information content (AvgIpc) is 2.86. The van der Waals surface area contributed by atoms with Gasteiger partial charge in [0.2, 0.25) is 0 Å². The van der Waals surface area contributed by atoms with Crippen molar-refractivity contribution >= 4 is 11.7 Å². The molecule has 0 saturated heterocycles. The van der Waals surface area contributed by atoms with Gasteiger partial charge in [-0.2, -0.15) is 0 Å². The summed E-state index contributed by atoms with van der Waals surface area (Å²) >= 11 is 0. The van der Waals surface area contributed by atoms with E-state index in [4.69, 9.17) is 21.3 Å². The summed E-state index contributed by atoms with van der Waals surface area (Å²) in [7, 11) is 0. The molecule has 5 nitrogen and oxygen atoms in total. The molecule has 2 rings (SSSR count). The number of benzene rings is 1. The molecule has 0 aliphatic heterocycles. The lowest BCUT2D eigenvalue weighted by Crippen LogP contribution is -2.34. The van der Waals surface area contributed by atoms with Crippen molar-refractivity contribution in [3.8, 4) is 5.75 Å². The number of para-hydroxylation sites is 1. The number of hydrogen-bond donors (Lipinski definition) is 3. The van der Waals surface area contributed by atoms with E-state index in [2.05, 4.69) is 0 Å². The Labute approximate surface area is 112 Å². The van der Waals surface area contributed by atoms with Crippen LogP contribution in [0.4, 0.5) is 5.69 Å². The predicted octanol–water partition coefficient (Wildman–Crippen LogP) is 1.86. The summed E-state index contributed by atoms with van der Waals surface area (Å²) in [6.07, 6.45) is 4.35. The van der Waals surface area contributed by atoms with Crippen LogP contribution in [0.3, 0.4) is 0 Å². The maximum Gasteiger partial charge on any atom is 0.339 e. The van der Waals surface area contributed by atoms with E-state index in [1.54, 1.807) is 12.1 Å². The molecule has 0 atom stereocenters. The highest BCUT2D eigenvalue weighted by molar-refractivity contribution is 5.93. The first-order chi connectivity index (χ1) is 9.08. The van der Waals surface area contributed by atoms with Crippen LogP contribution in [0.15, 0.2) is 18.2 Å². The second-order valence-corrected chi connectivity index (χ2v) is 5.23. The Hall–Kier alpha value is -1.75. The number of aromatic carboxylic acids is 1. The number of carbonyl (C=O) groups is 1. The summed E-state index contributed by atoms with van der Waals surface area (Å²) in [5.41, 5.74) is 12.1. The van der Waals surface area contributed by atoms with Gasteiger partial charge in [-0.15, -0.1) is 0 Å². The van der Waals surface area contributed by atoms with Crippen molar-refractivity contribution in [2.75, 3.05) is 18.9 Å². The van der Waals surface area contributed by atoms with Crippen LogP contribution in [0.5, 0.6) is 5.75 Å². The van der Waals surface area contributed by atoms with E-state index < -0.39 is 5.97 Å². The smallest absolute Gasteiger partial charge is 0.339 e. The Morgan fingerprint density at radius 3 is 2.63 bits per heavy atom. The number of nitrogens with two attached hydrogens (primary N) is 2. The van der Waals surface area contributed by atoms with Crippen molar-refractivity contribution in [3.63, 3.8) is 0 Å². The van der Waals surface area contributed by atoms with Gasteiger partial charge >= 0.3 is 5.97 Å². The van der Waals surface area contributed by atoms with E-state index >= 15 is 0 Å². The van der Waals surface area contributed by atoms with Gasteiger partial charge in [0.1, 0.15) is 5.56 Å². The quantitative estimate of drug-likeness (QED) is 0.705. The van der Waals surface area contributed by atoms with Crippen molar-refractivity contribution in [2.45, 2.75) is 25.7 Å². The second kappa shape index (κ2) is 5.48. The molecule has 0 spiro atoms. The topological polar surface area (TPSA) is 98.6 Å². The monoisotopic (exact) mass is 264 g/mol. The van der Waals surface area contributed by atoms with Gasteiger partial charge in [0.25, 0.3) is 0 Å². The molecule has 1 fully saturated rings. The zero-order chi connectivity index (χ0) is 13.9. The summed E-state index contributed by atoms with van der Waals surface area (Å²) in [6.45, 7) is 0.986. The first kappa shape index (κ1) is 13.7. The van der Waals surface area contributed by atoms with Gasteiger partial charge in [-0.1, -0.05) is 18.9 Å². The maximum absolute atomic E-state index is 11.2. The normalized spacial score (nSPS) is 17.3. The zero-order valence-electron chi connectivity index (χ0n) is 10.9. The molecule has 1 aromatic carbocycles. The summed E-state index contributed by atoms with van der Waals surface area (Å²) in [5.74, 6) is -0.773. The van der Waals surface area contributed by atoms with E-state index in [1.807, 2.05) is 0 Å². The SMILES string of the molecule is NCC1(COc2c(N)cccc2C(=O)O)CCCC1. The van der Waals surface area contributed by atoms with Crippen molar-refractivity contribution in [1.82, 2.24) is 0 Å². The van der Waals surface area contributed by atoms with Gasteiger partial charge in [0, 0.05) is 12.0 Å². The second-order valence-electron chi connectivity index (χ2n) is 5.23. The van der Waals surface area contributed by atoms with Gasteiger partial charge in [-0.25, -0.2) is 4.79 Å². The molecule has 1 aromatic rings. The van der Waals surface area contributed by atoms with Crippen LogP contribution in [0.1, 0.15) is 36.0 Å². The molecule has 0 bridgehead atoms. The first-order valence-electron chi connectivity index (χ1n) is 6.53. The summed E-state index contributed by atoms with van der Waals surface area (Å²) < 4.78 is 5.72. The fourth-order valence-corrected chi connectivity index (χ4v) is 2.64. The Kier molecular flexibility index (Phi) is 3.95. The molecule has 104 valence electrons. The predicted molar refractivity (Wildman–Crippen MR) is 73.3 cm³/mol. The minimum Gasteiger partial charge on any atom is -0.490 e. The number of hydrogen-bond acceptors (Lipinski definition) is 4. The first-order valence-corrected chi connectivity index (χ1v) is 6.53. The van der Waals surface area contributed by atoms with Crippen molar-refractivity contribution in [2.24, 2.45) is 11.1 Å². The molecule has 0 radical (unpaired) electrons. The van der Waals surface area contributed by atoms with Crippen molar-refractivity contribution < 1.29 is 14.6 Å². The highest BCUT2D eigenvalue weighted by Crippen LogP contribution is 2.38. The highest BCUT2D eigenvalue weighted by atomic mass is 16.5. The Morgan fingerprint density at radius 2 is 2.05 bits per heavy atom. The van der Waals surface area contributed by atoms with E-state index in [9.17, 15) is 4.79 Å². The standard InChI is InChI=1S/C14H20N2O3/c15-8-14(6-1-2-7-14)9-19-12-10(13(17)18)4-3-5-11(12)16/h3-5H,1-2,6-9,15-16H2,(H,17,18). The van der Waals surface area contributed by atoms with Gasteiger partial charge in [-0.05, 0) is 25.0 Å². The maximum atomic E-state index is 11.2. The van der Waals surface area contributed by atoms with E-state index in [-0.39, 0.29) is 16.7 Å². The van der Waals surface area contributed by atoms with E-state index in [0.717, 1.165) is 25.7 Å². The molecule has 5 N–H and O–H groups in total. The van der Waals surface area contributed by atoms with Crippen LogP contribution in [0, 0.1) is 5.41 Å². The average molecular weight is 264 g/mol. The molecule has 0 unspecified atom stereocenters. The fourth-order valence-electron chi connectivity index (χ4n) is 2.64. The summed E-state index contributed by atoms with van der Waals surface area (Å²) in [4.78, 5) is 11.2. The van der Waals surface area contributed by atoms with Crippen LogP contribution in [0.25, 0.3) is 0 Å². The third kappa shape index (κ3) is 2.81. The minimum atomic E-state index is -1.03. The lowest BCUT2D eigenvalue weighted by molar-refractivity contribution is 0.0688. The van der Waals surface area contributed by atoms with E-state index in [0.29, 0.717) is 18.8 Å². The van der Waals surface area contributed by atoms with Gasteiger partial charge in [0.15, 0.2) is 5.75 Å². The number of anilines is 1. The molecule has 0 amide bonds. The van der Waals surface area contributed by atoms with Gasteiger partial charge in [0.05, 0.1) is 12.3 Å². The fraction of sp³-hybridized carbons (Fsp3) is 0.500. The molecule has 1 aliphatic carbocycles. The van der Waals surface area contributed by atoms with Crippen molar-refractivity contribution in [3.05, 3.63) is 23.8 Å². The Morgan fingerprint density at radius 1 is 1.37 bits per heavy atom. The molecule has 0 aromatic heterocycles. The lowest BCUT2D eigenvalue weighted by atomic mass is 9.87. The van der Waals surface area contributed by atoms with Crippen molar-refractivity contribution in [1.29, 1.82) is 0 Å². The largest absolute Gasteiger partial charge is 0.490 e. The van der Waals surface area contributed by atoms with Crippen LogP contribution in [0.2, 0.25) is 0 Å². The Bertz CT molecular complexity index is 468. The van der Waals surface area contributed by atoms with Gasteiger partial charge < -0.3 is 21.3 Å². The van der Waals surface area contributed by atoms with Crippen LogP contribution >= 0.6 is 0 Å². The highest BCUT2D eigenvalue weighted by Gasteiger charge is 2.33. The van der Waals surface area contributed by atoms with Crippen LogP contribution < -0.4 is 16.2 Å². The zero-order valence-corrected chi connectivity index (χ0v) is 10.9. The number of ether oxygens (including phenoxy) is 1. The van der Waals surface area contributed by atoms with E-state index in [1.165, 1.54) is 6.07 Å². The van der Waals surface area contributed by atoms with Crippen LogP contribution in [-0.2, 0) is 0 Å². The number of rotatable bonds is 5. The lowest BCUT2D eigenvalue weighted by Gasteiger charge is -2.27. The Balaban J connectivity index is 2.17. The molecule has 5 heteroatoms. The molecule has 0 heterocycles. The van der Waals surface area contributed by atoms with Crippen LogP contribution in [-0.4, -0.2) is 24.2 Å². The molecular weight excluding hydrogens is 244 g/mol. The third-order valence-electron chi connectivity index (χ3n) is 3.90. The molecule has 1 saturated carbocycles.